The Morgan fingerprint density at radius 3 is 2.65 bits per heavy atom. The SMILES string of the molecule is CCc1c(F)ccc2cc(OCOC)cc(-c3ncc4c(N5CCCn6nc(C(=O)N(C)C)c(Cl)c6C5)nc(OCC5(CO)CC5)nc4c3F)c12. The number of rotatable bonds is 11. The number of carbonyl (C=O) groups excluding carboxylic acids is 1. The molecule has 4 heterocycles. The molecule has 0 unspecified atom stereocenters. The van der Waals surface area contributed by atoms with Gasteiger partial charge in [-0.2, -0.15) is 15.1 Å². The highest BCUT2D eigenvalue weighted by Crippen LogP contribution is 2.45. The first-order valence-electron chi connectivity index (χ1n) is 16.8. The van der Waals surface area contributed by atoms with Gasteiger partial charge in [0.15, 0.2) is 18.3 Å². The molecule has 1 saturated carbocycles. The molecule has 0 spiro atoms. The summed E-state index contributed by atoms with van der Waals surface area (Å²) < 4.78 is 51.0. The molecule has 51 heavy (non-hydrogen) atoms. The first-order valence-corrected chi connectivity index (χ1v) is 17.1. The standard InChI is InChI=1S/C36H38ClF2N7O5/c1-5-22-25(38)8-7-20-13-21(51-19-49-4)14-23(27(20)22)30-29(39)31-24(15-40-30)33(42-35(41-31)50-18-36(17-47)9-10-36)45-11-6-12-46-26(16-45)28(37)32(43-46)34(48)44(2)3/h7-8,13-15,47H,5-6,9-12,16-19H2,1-4H3. The van der Waals surface area contributed by atoms with Gasteiger partial charge in [0.25, 0.3) is 5.91 Å². The lowest BCUT2D eigenvalue weighted by molar-refractivity contribution is 0.0512. The van der Waals surface area contributed by atoms with Crippen LogP contribution in [0.4, 0.5) is 14.6 Å². The normalized spacial score (nSPS) is 15.2. The summed E-state index contributed by atoms with van der Waals surface area (Å²) in [5.41, 5.74) is 1.02. The zero-order valence-corrected chi connectivity index (χ0v) is 29.6. The molecule has 0 atom stereocenters. The third kappa shape index (κ3) is 6.40. The van der Waals surface area contributed by atoms with Crippen LogP contribution in [0, 0.1) is 17.0 Å². The Morgan fingerprint density at radius 2 is 1.94 bits per heavy atom. The van der Waals surface area contributed by atoms with Crippen LogP contribution in [0.1, 0.15) is 47.9 Å². The van der Waals surface area contributed by atoms with Gasteiger partial charge in [0.2, 0.25) is 0 Å². The molecular formula is C36H38ClF2N7O5. The molecule has 0 bridgehead atoms. The molecule has 5 aromatic rings. The number of amides is 1. The van der Waals surface area contributed by atoms with Gasteiger partial charge in [0, 0.05) is 51.5 Å². The number of hydrogen-bond acceptors (Lipinski definition) is 10. The average Bonchev–Trinajstić information content (AvgIpc) is 3.90. The highest BCUT2D eigenvalue weighted by molar-refractivity contribution is 6.34. The number of nitrogens with zero attached hydrogens (tertiary/aromatic N) is 7. The number of benzene rings is 2. The molecule has 0 radical (unpaired) electrons. The smallest absolute Gasteiger partial charge is 0.319 e. The summed E-state index contributed by atoms with van der Waals surface area (Å²) in [4.78, 5) is 30.1. The maximum atomic E-state index is 17.1. The Labute approximate surface area is 297 Å². The van der Waals surface area contributed by atoms with Crippen molar-refractivity contribution in [3.63, 3.8) is 0 Å². The van der Waals surface area contributed by atoms with Crippen LogP contribution in [-0.4, -0.2) is 88.4 Å². The molecule has 1 aliphatic carbocycles. The molecular weight excluding hydrogens is 684 g/mol. The molecule has 0 saturated heterocycles. The van der Waals surface area contributed by atoms with Crippen molar-refractivity contribution in [2.45, 2.75) is 45.7 Å². The van der Waals surface area contributed by atoms with Gasteiger partial charge in [0.05, 0.1) is 35.9 Å². The van der Waals surface area contributed by atoms with Gasteiger partial charge in [0.1, 0.15) is 28.6 Å². The summed E-state index contributed by atoms with van der Waals surface area (Å²) in [5, 5.41) is 16.2. The first kappa shape index (κ1) is 34.8. The average molecular weight is 722 g/mol. The van der Waals surface area contributed by atoms with E-state index in [1.165, 1.54) is 24.3 Å². The number of anilines is 1. The maximum Gasteiger partial charge on any atom is 0.319 e. The largest absolute Gasteiger partial charge is 0.468 e. The summed E-state index contributed by atoms with van der Waals surface area (Å²) in [6, 6.07) is 6.32. The van der Waals surface area contributed by atoms with Crippen LogP contribution in [-0.2, 0) is 24.2 Å². The quantitative estimate of drug-likeness (QED) is 0.168. The number of carbonyl (C=O) groups is 1. The fourth-order valence-corrected chi connectivity index (χ4v) is 6.78. The van der Waals surface area contributed by atoms with Crippen LogP contribution >= 0.6 is 11.6 Å². The Balaban J connectivity index is 1.40. The summed E-state index contributed by atoms with van der Waals surface area (Å²) in [6.07, 6.45) is 4.07. The molecule has 7 rings (SSSR count). The number of fused-ring (bicyclic) bond motifs is 3. The van der Waals surface area contributed by atoms with Gasteiger partial charge in [-0.05, 0) is 60.2 Å². The van der Waals surface area contributed by atoms with E-state index in [9.17, 15) is 9.90 Å². The second kappa shape index (κ2) is 13.8. The lowest BCUT2D eigenvalue weighted by Gasteiger charge is -2.24. The number of hydrogen-bond donors (Lipinski definition) is 1. The number of aryl methyl sites for hydroxylation is 2. The zero-order chi connectivity index (χ0) is 36.0. The van der Waals surface area contributed by atoms with Crippen molar-refractivity contribution in [1.29, 1.82) is 0 Å². The van der Waals surface area contributed by atoms with E-state index in [1.807, 2.05) is 11.8 Å². The van der Waals surface area contributed by atoms with Gasteiger partial charge >= 0.3 is 6.01 Å². The van der Waals surface area contributed by atoms with Crippen molar-refractivity contribution in [3.8, 4) is 23.0 Å². The molecule has 1 fully saturated rings. The second-order valence-electron chi connectivity index (χ2n) is 13.3. The number of methoxy groups -OCH3 is 1. The number of aliphatic hydroxyl groups is 1. The Hall–Kier alpha value is -4.66. The Kier molecular flexibility index (Phi) is 9.42. The van der Waals surface area contributed by atoms with E-state index >= 15 is 8.78 Å². The monoisotopic (exact) mass is 721 g/mol. The van der Waals surface area contributed by atoms with Gasteiger partial charge in [-0.1, -0.05) is 24.6 Å². The van der Waals surface area contributed by atoms with Crippen molar-refractivity contribution in [3.05, 3.63) is 64.1 Å². The third-order valence-electron chi connectivity index (χ3n) is 9.58. The molecule has 15 heteroatoms. The van der Waals surface area contributed by atoms with Crippen molar-refractivity contribution < 1.29 is 32.9 Å². The summed E-state index contributed by atoms with van der Waals surface area (Å²) in [7, 11) is 4.76. The van der Waals surface area contributed by atoms with Crippen molar-refractivity contribution >= 4 is 45.0 Å². The lowest BCUT2D eigenvalue weighted by atomic mass is 9.94. The number of pyridine rings is 1. The number of halogens is 3. The predicted molar refractivity (Wildman–Crippen MR) is 187 cm³/mol. The maximum absolute atomic E-state index is 17.1. The summed E-state index contributed by atoms with van der Waals surface area (Å²) in [5.74, 6) is -0.730. The van der Waals surface area contributed by atoms with Crippen LogP contribution in [0.5, 0.6) is 11.8 Å². The van der Waals surface area contributed by atoms with Gasteiger partial charge in [-0.15, -0.1) is 0 Å². The fourth-order valence-electron chi connectivity index (χ4n) is 6.50. The zero-order valence-electron chi connectivity index (χ0n) is 28.8. The topological polar surface area (TPSA) is 128 Å². The number of ether oxygens (including phenoxy) is 3. The summed E-state index contributed by atoms with van der Waals surface area (Å²) in [6.45, 7) is 3.10. The van der Waals surface area contributed by atoms with Crippen LogP contribution in [0.25, 0.3) is 32.9 Å². The molecule has 12 nitrogen and oxygen atoms in total. The molecule has 2 aromatic carbocycles. The Bertz CT molecular complexity index is 2160. The van der Waals surface area contributed by atoms with Gasteiger partial charge in [-0.25, -0.2) is 8.78 Å². The van der Waals surface area contributed by atoms with E-state index in [4.69, 9.17) is 30.8 Å². The number of aromatic nitrogens is 5. The van der Waals surface area contributed by atoms with Gasteiger partial charge < -0.3 is 29.1 Å². The molecule has 1 aliphatic heterocycles. The minimum absolute atomic E-state index is 0.0451. The minimum Gasteiger partial charge on any atom is -0.468 e. The van der Waals surface area contributed by atoms with E-state index in [1.54, 1.807) is 37.0 Å². The summed E-state index contributed by atoms with van der Waals surface area (Å²) >= 11 is 6.76. The van der Waals surface area contributed by atoms with E-state index in [0.29, 0.717) is 70.5 Å². The van der Waals surface area contributed by atoms with Crippen molar-refractivity contribution in [1.82, 2.24) is 29.6 Å². The number of aliphatic hydroxyl groups excluding tert-OH is 1. The van der Waals surface area contributed by atoms with E-state index in [-0.39, 0.29) is 65.8 Å². The predicted octanol–water partition coefficient (Wildman–Crippen LogP) is 5.78. The Morgan fingerprint density at radius 1 is 1.14 bits per heavy atom. The minimum atomic E-state index is -0.752. The lowest BCUT2D eigenvalue weighted by Crippen LogP contribution is -2.25. The van der Waals surface area contributed by atoms with E-state index in [0.717, 1.165) is 12.8 Å². The van der Waals surface area contributed by atoms with Crippen LogP contribution in [0.3, 0.4) is 0 Å². The van der Waals surface area contributed by atoms with Crippen LogP contribution in [0.15, 0.2) is 30.5 Å². The fraction of sp³-hybridized carbons (Fsp3) is 0.417. The second-order valence-corrected chi connectivity index (χ2v) is 13.6. The molecule has 268 valence electrons. The van der Waals surface area contributed by atoms with E-state index in [2.05, 4.69) is 15.1 Å². The van der Waals surface area contributed by atoms with Gasteiger partial charge in [-0.3, -0.25) is 14.5 Å². The van der Waals surface area contributed by atoms with Crippen LogP contribution in [0.2, 0.25) is 5.02 Å². The highest BCUT2D eigenvalue weighted by atomic mass is 35.5. The molecule has 2 aliphatic rings. The highest BCUT2D eigenvalue weighted by Gasteiger charge is 2.43. The van der Waals surface area contributed by atoms with Crippen molar-refractivity contribution in [2.75, 3.05) is 52.7 Å². The third-order valence-corrected chi connectivity index (χ3v) is 9.97. The van der Waals surface area contributed by atoms with E-state index < -0.39 is 11.6 Å². The molecule has 3 aromatic heterocycles. The first-order chi connectivity index (χ1) is 24.6. The van der Waals surface area contributed by atoms with Crippen molar-refractivity contribution in [2.24, 2.45) is 5.41 Å². The molecule has 1 amide bonds. The molecule has 1 N–H and O–H groups in total. The van der Waals surface area contributed by atoms with Crippen LogP contribution < -0.4 is 14.4 Å².